The third-order valence-corrected chi connectivity index (χ3v) is 1.02. The molecule has 26 valence electrons. The van der Waals surface area contributed by atoms with Crippen LogP contribution in [0.4, 0.5) is 0 Å². The van der Waals surface area contributed by atoms with E-state index in [2.05, 4.69) is 9.96 Å². The molecule has 2 N–H and O–H groups in total. The maximum atomic E-state index is 2.96. The molecule has 0 aromatic carbocycles. The summed E-state index contributed by atoms with van der Waals surface area (Å²) in [6.07, 6.45) is 3.77. The highest BCUT2D eigenvalue weighted by Gasteiger charge is 1.83. The number of hydrogen-bond acceptors (Lipinski definition) is 2. The van der Waals surface area contributed by atoms with Crippen molar-refractivity contribution in [1.82, 2.24) is 9.96 Å². The third kappa shape index (κ3) is 0.415. The molecule has 0 bridgehead atoms. The van der Waals surface area contributed by atoms with Crippen molar-refractivity contribution in [3.8, 4) is 0 Å². The smallest absolute Gasteiger partial charge is 0.326 e. The van der Waals surface area contributed by atoms with E-state index in [9.17, 15) is 0 Å². The zero-order chi connectivity index (χ0) is 3.54. The van der Waals surface area contributed by atoms with Crippen molar-refractivity contribution in [2.24, 2.45) is 0 Å². The van der Waals surface area contributed by atoms with E-state index in [0.717, 1.165) is 0 Å². The second-order valence-corrected chi connectivity index (χ2v) is 1.57. The zero-order valence-electron chi connectivity index (χ0n) is 2.65. The van der Waals surface area contributed by atoms with Crippen molar-refractivity contribution in [2.45, 2.75) is 0 Å². The van der Waals surface area contributed by atoms with E-state index in [4.69, 9.17) is 0 Å². The van der Waals surface area contributed by atoms with Gasteiger partial charge in [0.05, 0.1) is 0 Å². The molecule has 1 aliphatic rings. The first kappa shape index (κ1) is 2.78. The van der Waals surface area contributed by atoms with Crippen LogP contribution in [0.3, 0.4) is 0 Å². The molecule has 1 rings (SSSR count). The minimum atomic E-state index is 0.698. The quantitative estimate of drug-likeness (QED) is 0.375. The predicted molar refractivity (Wildman–Crippen MR) is 21.2 cm³/mol. The molecule has 0 amide bonds. The molecule has 3 heteroatoms. The van der Waals surface area contributed by atoms with Crippen LogP contribution in [-0.2, 0) is 0 Å². The lowest BCUT2D eigenvalue weighted by atomic mass is 11.0. The van der Waals surface area contributed by atoms with Gasteiger partial charge < -0.3 is 9.96 Å². The summed E-state index contributed by atoms with van der Waals surface area (Å²) in [5.74, 6) is 0. The monoisotopic (exact) mass is 84.0 g/mol. The van der Waals surface area contributed by atoms with Crippen molar-refractivity contribution in [1.29, 1.82) is 0 Å². The highest BCUT2D eigenvalue weighted by atomic mass is 28.2. The van der Waals surface area contributed by atoms with Crippen molar-refractivity contribution < 1.29 is 0 Å². The second kappa shape index (κ2) is 1.12. The Bertz CT molecular complexity index is 45.6. The molecule has 0 aromatic heterocycles. The fourth-order valence-corrected chi connectivity index (χ4v) is 0.625. The maximum Gasteiger partial charge on any atom is 0.326 e. The van der Waals surface area contributed by atoms with Crippen molar-refractivity contribution in [2.75, 3.05) is 0 Å². The first-order valence-corrected chi connectivity index (χ1v) is 2.41. The molecule has 2 nitrogen and oxygen atoms in total. The molecular weight excluding hydrogens is 80.1 g/mol. The van der Waals surface area contributed by atoms with E-state index >= 15 is 0 Å². The average molecular weight is 84.2 g/mol. The first-order chi connectivity index (χ1) is 2.50. The van der Waals surface area contributed by atoms with Crippen LogP contribution in [0.25, 0.3) is 0 Å². The molecule has 2 radical (unpaired) electrons. The lowest BCUT2D eigenvalue weighted by Gasteiger charge is -1.76. The molecule has 1 heterocycles. The van der Waals surface area contributed by atoms with Crippen LogP contribution in [0, 0.1) is 0 Å². The standard InChI is InChI=1S/C2H4N2Si/c1-2-4-5-3-1/h1-4H. The Morgan fingerprint density at radius 1 is 1.20 bits per heavy atom. The van der Waals surface area contributed by atoms with Gasteiger partial charge in [-0.05, 0) is 0 Å². The molecule has 0 aromatic rings. The van der Waals surface area contributed by atoms with Crippen LogP contribution in [0.2, 0.25) is 0 Å². The highest BCUT2D eigenvalue weighted by molar-refractivity contribution is 6.30. The fourth-order valence-electron chi connectivity index (χ4n) is 0.208. The summed E-state index contributed by atoms with van der Waals surface area (Å²) in [7, 11) is 0.698. The van der Waals surface area contributed by atoms with E-state index < -0.39 is 0 Å². The minimum absolute atomic E-state index is 0.698. The Morgan fingerprint density at radius 3 is 2.00 bits per heavy atom. The van der Waals surface area contributed by atoms with Gasteiger partial charge in [0.2, 0.25) is 0 Å². The van der Waals surface area contributed by atoms with Gasteiger partial charge in [-0.2, -0.15) is 0 Å². The summed E-state index contributed by atoms with van der Waals surface area (Å²) in [5.41, 5.74) is 0. The number of hydrogen-bond donors (Lipinski definition) is 2. The second-order valence-electron chi connectivity index (χ2n) is 0.747. The molecule has 1 aliphatic heterocycles. The van der Waals surface area contributed by atoms with Crippen LogP contribution in [0.15, 0.2) is 12.4 Å². The molecule has 0 unspecified atom stereocenters. The fraction of sp³-hybridized carbons (Fsp3) is 0. The Morgan fingerprint density at radius 2 is 1.80 bits per heavy atom. The Kier molecular flexibility index (Phi) is 0.622. The van der Waals surface area contributed by atoms with Gasteiger partial charge in [0.25, 0.3) is 0 Å². The van der Waals surface area contributed by atoms with E-state index in [1.165, 1.54) is 0 Å². The van der Waals surface area contributed by atoms with Crippen molar-refractivity contribution in [3.05, 3.63) is 12.4 Å². The van der Waals surface area contributed by atoms with Gasteiger partial charge in [0.1, 0.15) is 0 Å². The van der Waals surface area contributed by atoms with Crippen LogP contribution in [0.1, 0.15) is 0 Å². The van der Waals surface area contributed by atoms with E-state index in [1.54, 1.807) is 0 Å². The van der Waals surface area contributed by atoms with Crippen LogP contribution >= 0.6 is 0 Å². The Labute approximate surface area is 33.2 Å². The first-order valence-electron chi connectivity index (χ1n) is 1.41. The van der Waals surface area contributed by atoms with Crippen LogP contribution < -0.4 is 9.96 Å². The molecule has 0 atom stereocenters. The van der Waals surface area contributed by atoms with Gasteiger partial charge in [-0.1, -0.05) is 0 Å². The van der Waals surface area contributed by atoms with Gasteiger partial charge in [-0.3, -0.25) is 0 Å². The minimum Gasteiger partial charge on any atom is -0.398 e. The summed E-state index contributed by atoms with van der Waals surface area (Å²) >= 11 is 0. The third-order valence-electron chi connectivity index (χ3n) is 0.394. The van der Waals surface area contributed by atoms with E-state index in [-0.39, 0.29) is 0 Å². The van der Waals surface area contributed by atoms with Gasteiger partial charge >= 0.3 is 9.84 Å². The van der Waals surface area contributed by atoms with Gasteiger partial charge in [0, 0.05) is 12.4 Å². The van der Waals surface area contributed by atoms with Crippen molar-refractivity contribution >= 4 is 9.84 Å². The lowest BCUT2D eigenvalue weighted by Crippen LogP contribution is -2.16. The SMILES string of the molecule is C1=CN[Si]N1. The molecule has 0 saturated carbocycles. The Hall–Kier alpha value is -0.443. The molecular formula is C2H4N2Si. The molecule has 0 saturated heterocycles. The van der Waals surface area contributed by atoms with Crippen molar-refractivity contribution in [3.63, 3.8) is 0 Å². The van der Waals surface area contributed by atoms with Gasteiger partial charge in [0.15, 0.2) is 0 Å². The summed E-state index contributed by atoms with van der Waals surface area (Å²) < 4.78 is 0. The highest BCUT2D eigenvalue weighted by Crippen LogP contribution is 1.62. The Balaban J connectivity index is 2.32. The molecule has 0 fully saturated rings. The van der Waals surface area contributed by atoms with Crippen LogP contribution in [-0.4, -0.2) is 9.84 Å². The summed E-state index contributed by atoms with van der Waals surface area (Å²) in [6, 6.07) is 0. The summed E-state index contributed by atoms with van der Waals surface area (Å²) in [4.78, 5) is 5.92. The van der Waals surface area contributed by atoms with Gasteiger partial charge in [-0.15, -0.1) is 0 Å². The lowest BCUT2D eigenvalue weighted by molar-refractivity contribution is 1.37. The van der Waals surface area contributed by atoms with E-state index in [1.807, 2.05) is 12.4 Å². The molecule has 0 aliphatic carbocycles. The maximum absolute atomic E-state index is 2.96. The van der Waals surface area contributed by atoms with Crippen LogP contribution in [0.5, 0.6) is 0 Å². The summed E-state index contributed by atoms with van der Waals surface area (Å²) in [6.45, 7) is 0. The summed E-state index contributed by atoms with van der Waals surface area (Å²) in [5, 5.41) is 0. The molecule has 5 heavy (non-hydrogen) atoms. The average Bonchev–Trinajstić information content (AvgIpc) is 1.76. The number of rotatable bonds is 0. The van der Waals surface area contributed by atoms with E-state index in [0.29, 0.717) is 9.84 Å². The molecule has 0 spiro atoms. The van der Waals surface area contributed by atoms with Gasteiger partial charge in [-0.25, -0.2) is 0 Å². The zero-order valence-corrected chi connectivity index (χ0v) is 3.65. The normalized spacial score (nSPS) is 17.6. The predicted octanol–water partition coefficient (Wildman–Crippen LogP) is -0.815. The topological polar surface area (TPSA) is 24.1 Å². The largest absolute Gasteiger partial charge is 0.398 e. The number of nitrogens with one attached hydrogen (secondary N) is 2.